The van der Waals surface area contributed by atoms with Crippen LogP contribution in [0.15, 0.2) is 12.1 Å². The van der Waals surface area contributed by atoms with E-state index in [1.54, 1.807) is 6.07 Å². The minimum atomic E-state index is -0.380. The normalized spacial score (nSPS) is 12.0. The van der Waals surface area contributed by atoms with Crippen LogP contribution in [0.25, 0.3) is 5.65 Å². The summed E-state index contributed by atoms with van der Waals surface area (Å²) in [6, 6.07) is 3.61. The van der Waals surface area contributed by atoms with Gasteiger partial charge in [-0.1, -0.05) is 0 Å². The van der Waals surface area contributed by atoms with E-state index in [4.69, 9.17) is 0 Å². The Bertz CT molecular complexity index is 493. The SMILES string of the molecule is CN(c1ccc2nnnn2n1)C(C)(C)CO. The van der Waals surface area contributed by atoms with Crippen LogP contribution < -0.4 is 4.90 Å². The fraction of sp³-hybridized carbons (Fsp3) is 0.556. The molecule has 0 spiro atoms. The van der Waals surface area contributed by atoms with Gasteiger partial charge in [0, 0.05) is 7.05 Å². The average Bonchev–Trinajstić information content (AvgIpc) is 2.74. The third-order valence-electron chi connectivity index (χ3n) is 2.69. The van der Waals surface area contributed by atoms with Crippen molar-refractivity contribution in [2.24, 2.45) is 0 Å². The number of nitrogens with zero attached hydrogens (tertiary/aromatic N) is 6. The van der Waals surface area contributed by atoms with Gasteiger partial charge < -0.3 is 10.0 Å². The van der Waals surface area contributed by atoms with Gasteiger partial charge in [-0.15, -0.1) is 14.8 Å². The van der Waals surface area contributed by atoms with E-state index >= 15 is 0 Å². The summed E-state index contributed by atoms with van der Waals surface area (Å²) in [5, 5.41) is 24.5. The Morgan fingerprint density at radius 1 is 1.44 bits per heavy atom. The van der Waals surface area contributed by atoms with Gasteiger partial charge in [-0.3, -0.25) is 0 Å². The van der Waals surface area contributed by atoms with E-state index in [0.29, 0.717) is 11.5 Å². The zero-order chi connectivity index (χ0) is 11.8. The minimum absolute atomic E-state index is 0.0405. The van der Waals surface area contributed by atoms with Gasteiger partial charge in [0.2, 0.25) is 0 Å². The molecule has 2 rings (SSSR count). The smallest absolute Gasteiger partial charge is 0.200 e. The number of aromatic nitrogens is 5. The number of tetrazole rings is 1. The molecule has 0 fully saturated rings. The van der Waals surface area contributed by atoms with E-state index in [2.05, 4.69) is 20.6 Å². The molecule has 0 saturated carbocycles. The lowest BCUT2D eigenvalue weighted by Gasteiger charge is -2.34. The molecule has 0 radical (unpaired) electrons. The quantitative estimate of drug-likeness (QED) is 0.769. The van der Waals surface area contributed by atoms with E-state index in [1.807, 2.05) is 31.9 Å². The van der Waals surface area contributed by atoms with Gasteiger partial charge in [0.15, 0.2) is 11.5 Å². The van der Waals surface area contributed by atoms with Crippen molar-refractivity contribution in [3.8, 4) is 0 Å². The summed E-state index contributed by atoms with van der Waals surface area (Å²) in [4.78, 5) is 1.88. The lowest BCUT2D eigenvalue weighted by atomic mass is 10.1. The first kappa shape index (κ1) is 10.7. The van der Waals surface area contributed by atoms with Gasteiger partial charge in [-0.2, -0.15) is 0 Å². The predicted octanol–water partition coefficient (Wildman–Crippen LogP) is -0.274. The largest absolute Gasteiger partial charge is 0.394 e. The maximum absolute atomic E-state index is 9.28. The standard InChI is InChI=1S/C9H14N6O/c1-9(2,6-16)14(3)8-5-4-7-10-12-13-15(7)11-8/h4-5,16H,6H2,1-3H3. The first-order valence-electron chi connectivity index (χ1n) is 4.95. The molecule has 0 bridgehead atoms. The van der Waals surface area contributed by atoms with Crippen molar-refractivity contribution in [1.29, 1.82) is 0 Å². The molecule has 7 nitrogen and oxygen atoms in total. The molecule has 2 aromatic rings. The third kappa shape index (κ3) is 1.69. The first-order chi connectivity index (χ1) is 7.54. The first-order valence-corrected chi connectivity index (χ1v) is 4.95. The van der Waals surface area contributed by atoms with Gasteiger partial charge in [-0.25, -0.2) is 0 Å². The number of hydrogen-bond donors (Lipinski definition) is 1. The van der Waals surface area contributed by atoms with E-state index < -0.39 is 0 Å². The second-order valence-electron chi connectivity index (χ2n) is 4.25. The topological polar surface area (TPSA) is 79.4 Å². The Kier molecular flexibility index (Phi) is 2.47. The third-order valence-corrected chi connectivity index (χ3v) is 2.69. The molecular weight excluding hydrogens is 208 g/mol. The molecular formula is C9H14N6O. The molecule has 0 aliphatic heterocycles. The zero-order valence-corrected chi connectivity index (χ0v) is 9.49. The van der Waals surface area contributed by atoms with Crippen molar-refractivity contribution < 1.29 is 5.11 Å². The van der Waals surface area contributed by atoms with Crippen LogP contribution in [-0.4, -0.2) is 49.6 Å². The van der Waals surface area contributed by atoms with Crippen LogP contribution in [0.1, 0.15) is 13.8 Å². The lowest BCUT2D eigenvalue weighted by Crippen LogP contribution is -2.45. The number of likely N-dealkylation sites (N-methyl/N-ethyl adjacent to an activating group) is 1. The highest BCUT2D eigenvalue weighted by atomic mass is 16.3. The van der Waals surface area contributed by atoms with Crippen LogP contribution in [0.5, 0.6) is 0 Å². The Hall–Kier alpha value is -1.76. The number of aliphatic hydroxyl groups excluding tert-OH is 1. The fourth-order valence-corrected chi connectivity index (χ4v) is 1.24. The molecule has 2 heterocycles. The number of aliphatic hydroxyl groups is 1. The van der Waals surface area contributed by atoms with Crippen molar-refractivity contribution in [2.45, 2.75) is 19.4 Å². The molecule has 0 amide bonds. The van der Waals surface area contributed by atoms with E-state index in [-0.39, 0.29) is 12.1 Å². The molecule has 2 aromatic heterocycles. The highest BCUT2D eigenvalue weighted by Gasteiger charge is 2.24. The summed E-state index contributed by atoms with van der Waals surface area (Å²) < 4.78 is 1.36. The summed E-state index contributed by atoms with van der Waals surface area (Å²) in [6.45, 7) is 3.90. The number of fused-ring (bicyclic) bond motifs is 1. The Balaban J connectivity index is 2.39. The van der Waals surface area contributed by atoms with Crippen LogP contribution in [0, 0.1) is 0 Å². The number of hydrogen-bond acceptors (Lipinski definition) is 6. The van der Waals surface area contributed by atoms with Gasteiger partial charge in [0.05, 0.1) is 12.1 Å². The molecule has 0 saturated heterocycles. The summed E-state index contributed by atoms with van der Waals surface area (Å²) in [7, 11) is 1.87. The molecule has 1 N–H and O–H groups in total. The van der Waals surface area contributed by atoms with Crippen LogP contribution in [0.4, 0.5) is 5.82 Å². The van der Waals surface area contributed by atoms with Crippen LogP contribution in [0.2, 0.25) is 0 Å². The van der Waals surface area contributed by atoms with Gasteiger partial charge >= 0.3 is 0 Å². The predicted molar refractivity (Wildman–Crippen MR) is 58.1 cm³/mol. The minimum Gasteiger partial charge on any atom is -0.394 e. The molecule has 7 heteroatoms. The van der Waals surface area contributed by atoms with Crippen molar-refractivity contribution in [3.05, 3.63) is 12.1 Å². The Labute approximate surface area is 92.7 Å². The van der Waals surface area contributed by atoms with Crippen molar-refractivity contribution >= 4 is 11.5 Å². The maximum atomic E-state index is 9.28. The maximum Gasteiger partial charge on any atom is 0.200 e. The summed E-state index contributed by atoms with van der Waals surface area (Å²) in [5.41, 5.74) is 0.216. The van der Waals surface area contributed by atoms with E-state index in [0.717, 1.165) is 0 Å². The summed E-state index contributed by atoms with van der Waals surface area (Å²) >= 11 is 0. The van der Waals surface area contributed by atoms with Crippen LogP contribution in [-0.2, 0) is 0 Å². The molecule has 0 unspecified atom stereocenters. The second-order valence-corrected chi connectivity index (χ2v) is 4.25. The van der Waals surface area contributed by atoms with Gasteiger partial charge in [0.1, 0.15) is 0 Å². The van der Waals surface area contributed by atoms with Crippen molar-refractivity contribution in [2.75, 3.05) is 18.6 Å². The average molecular weight is 222 g/mol. The Morgan fingerprint density at radius 3 is 2.88 bits per heavy atom. The molecule has 0 aliphatic rings. The second kappa shape index (κ2) is 3.67. The highest BCUT2D eigenvalue weighted by Crippen LogP contribution is 2.19. The van der Waals surface area contributed by atoms with Crippen molar-refractivity contribution in [1.82, 2.24) is 25.3 Å². The molecule has 0 aliphatic carbocycles. The zero-order valence-electron chi connectivity index (χ0n) is 9.49. The number of rotatable bonds is 3. The van der Waals surface area contributed by atoms with Crippen LogP contribution in [0.3, 0.4) is 0 Å². The van der Waals surface area contributed by atoms with Gasteiger partial charge in [-0.05, 0) is 36.4 Å². The monoisotopic (exact) mass is 222 g/mol. The lowest BCUT2D eigenvalue weighted by molar-refractivity contribution is 0.215. The van der Waals surface area contributed by atoms with E-state index in [1.165, 1.54) is 4.63 Å². The Morgan fingerprint density at radius 2 is 2.19 bits per heavy atom. The number of anilines is 1. The molecule has 0 aromatic carbocycles. The molecule has 86 valence electrons. The molecule has 0 atom stereocenters. The van der Waals surface area contributed by atoms with E-state index in [9.17, 15) is 5.11 Å². The van der Waals surface area contributed by atoms with Gasteiger partial charge in [0.25, 0.3) is 0 Å². The fourth-order valence-electron chi connectivity index (χ4n) is 1.24. The summed E-state index contributed by atoms with van der Waals surface area (Å²) in [6.07, 6.45) is 0. The summed E-state index contributed by atoms with van der Waals surface area (Å²) in [5.74, 6) is 0.707. The molecule has 16 heavy (non-hydrogen) atoms. The van der Waals surface area contributed by atoms with Crippen molar-refractivity contribution in [3.63, 3.8) is 0 Å². The van der Waals surface area contributed by atoms with Crippen LogP contribution >= 0.6 is 0 Å². The highest BCUT2D eigenvalue weighted by molar-refractivity contribution is 5.45.